The number of benzene rings is 1. The van der Waals surface area contributed by atoms with Gasteiger partial charge in [-0.25, -0.2) is 0 Å². The molecule has 1 unspecified atom stereocenters. The number of nitrogens with one attached hydrogen (secondary N) is 1. The van der Waals surface area contributed by atoms with Gasteiger partial charge in [-0.3, -0.25) is 0 Å². The van der Waals surface area contributed by atoms with E-state index in [1.54, 1.807) is 0 Å². The van der Waals surface area contributed by atoms with Gasteiger partial charge in [0.25, 0.3) is 0 Å². The number of rotatable bonds is 3. The van der Waals surface area contributed by atoms with Crippen molar-refractivity contribution in [2.75, 3.05) is 0 Å². The van der Waals surface area contributed by atoms with E-state index in [1.165, 1.54) is 18.3 Å². The molecule has 0 aliphatic heterocycles. The van der Waals surface area contributed by atoms with Gasteiger partial charge in [-0.15, -0.1) is 0 Å². The Kier molecular flexibility index (Phi) is 3.33. The summed E-state index contributed by atoms with van der Waals surface area (Å²) in [5.74, 6) is 0. The summed E-state index contributed by atoms with van der Waals surface area (Å²) >= 11 is 0. The van der Waals surface area contributed by atoms with Gasteiger partial charge in [0.05, 0.1) is 11.8 Å². The second kappa shape index (κ2) is 4.77. The summed E-state index contributed by atoms with van der Waals surface area (Å²) in [5.41, 5.74) is 0.246. The molecule has 2 N–H and O–H groups in total. The van der Waals surface area contributed by atoms with Crippen LogP contribution in [0.2, 0.25) is 0 Å². The van der Waals surface area contributed by atoms with E-state index in [2.05, 4.69) is 15.4 Å². The fourth-order valence-corrected chi connectivity index (χ4v) is 1.53. The molecule has 0 aliphatic rings. The maximum atomic E-state index is 12.3. The Hall–Kier alpha value is -1.89. The van der Waals surface area contributed by atoms with E-state index >= 15 is 0 Å². The Morgan fingerprint density at radius 3 is 2.39 bits per heavy atom. The van der Waals surface area contributed by atoms with Crippen LogP contribution in [-0.4, -0.2) is 20.5 Å². The molecule has 1 aromatic heterocycles. The van der Waals surface area contributed by atoms with E-state index in [1.807, 2.05) is 0 Å². The van der Waals surface area contributed by atoms with Crippen LogP contribution in [0, 0.1) is 0 Å². The van der Waals surface area contributed by atoms with Gasteiger partial charge >= 0.3 is 6.18 Å². The summed E-state index contributed by atoms with van der Waals surface area (Å²) < 4.78 is 37.0. The van der Waals surface area contributed by atoms with Crippen molar-refractivity contribution in [1.29, 1.82) is 0 Å². The summed E-state index contributed by atoms with van der Waals surface area (Å²) in [7, 11) is 0. The number of hydrogen-bond acceptors (Lipinski definition) is 3. The van der Waals surface area contributed by atoms with E-state index in [9.17, 15) is 18.3 Å². The third kappa shape index (κ3) is 2.86. The van der Waals surface area contributed by atoms with Crippen molar-refractivity contribution < 1.29 is 18.3 Å². The summed E-state index contributed by atoms with van der Waals surface area (Å²) in [6.07, 6.45) is -3.68. The van der Waals surface area contributed by atoms with E-state index in [0.717, 1.165) is 12.1 Å². The average molecular weight is 257 g/mol. The number of H-pyrrole nitrogens is 1. The minimum absolute atomic E-state index is 0.185. The summed E-state index contributed by atoms with van der Waals surface area (Å²) in [5, 5.41) is 19.4. The number of aromatic amines is 1. The molecule has 18 heavy (non-hydrogen) atoms. The van der Waals surface area contributed by atoms with Crippen LogP contribution < -0.4 is 0 Å². The van der Waals surface area contributed by atoms with Crippen molar-refractivity contribution in [2.45, 2.75) is 18.7 Å². The van der Waals surface area contributed by atoms with Gasteiger partial charge in [-0.05, 0) is 17.7 Å². The topological polar surface area (TPSA) is 61.8 Å². The molecule has 1 aromatic carbocycles. The summed E-state index contributed by atoms with van der Waals surface area (Å²) in [6, 6.07) is 4.66. The second-order valence-electron chi connectivity index (χ2n) is 3.81. The highest BCUT2D eigenvalue weighted by Crippen LogP contribution is 2.29. The minimum atomic E-state index is -4.34. The van der Waals surface area contributed by atoms with E-state index in [-0.39, 0.29) is 6.42 Å². The highest BCUT2D eigenvalue weighted by molar-refractivity contribution is 5.25. The molecule has 0 radical (unpaired) electrons. The van der Waals surface area contributed by atoms with Gasteiger partial charge in [0.15, 0.2) is 0 Å². The van der Waals surface area contributed by atoms with E-state index in [4.69, 9.17) is 0 Å². The first-order chi connectivity index (χ1) is 8.47. The average Bonchev–Trinajstić information content (AvgIpc) is 2.82. The molecule has 96 valence electrons. The van der Waals surface area contributed by atoms with Crippen LogP contribution in [0.4, 0.5) is 13.2 Å². The molecule has 0 bridgehead atoms. The molecule has 0 aliphatic carbocycles. The highest BCUT2D eigenvalue weighted by Gasteiger charge is 2.30. The standard InChI is InChI=1S/C11H10F3N3O/c12-11(13,14)8-3-1-7(2-4-8)5-10(18)9-6-15-17-16-9/h1-4,6,10,18H,5H2,(H,15,16,17). The minimum Gasteiger partial charge on any atom is -0.386 e. The Morgan fingerprint density at radius 2 is 1.89 bits per heavy atom. The van der Waals surface area contributed by atoms with Crippen LogP contribution in [0.15, 0.2) is 30.5 Å². The molecule has 0 fully saturated rings. The molecule has 0 spiro atoms. The van der Waals surface area contributed by atoms with Crippen molar-refractivity contribution in [1.82, 2.24) is 15.4 Å². The number of aliphatic hydroxyl groups excluding tert-OH is 1. The molecule has 2 aromatic rings. The molecular weight excluding hydrogens is 247 g/mol. The van der Waals surface area contributed by atoms with Crippen molar-refractivity contribution in [2.24, 2.45) is 0 Å². The zero-order valence-electron chi connectivity index (χ0n) is 9.15. The predicted molar refractivity (Wildman–Crippen MR) is 56.5 cm³/mol. The number of halogens is 3. The number of alkyl halides is 3. The molecule has 1 heterocycles. The number of hydrogen-bond donors (Lipinski definition) is 2. The first kappa shape index (κ1) is 12.6. The summed E-state index contributed by atoms with van der Waals surface area (Å²) in [4.78, 5) is 0. The van der Waals surface area contributed by atoms with Crippen LogP contribution in [-0.2, 0) is 12.6 Å². The summed E-state index contributed by atoms with van der Waals surface area (Å²) in [6.45, 7) is 0. The maximum Gasteiger partial charge on any atom is 0.416 e. The second-order valence-corrected chi connectivity index (χ2v) is 3.81. The van der Waals surface area contributed by atoms with E-state index < -0.39 is 17.8 Å². The van der Waals surface area contributed by atoms with E-state index in [0.29, 0.717) is 11.3 Å². The normalized spacial score (nSPS) is 13.6. The monoisotopic (exact) mass is 257 g/mol. The Morgan fingerprint density at radius 1 is 1.22 bits per heavy atom. The molecule has 0 amide bonds. The van der Waals surface area contributed by atoms with Crippen LogP contribution in [0.25, 0.3) is 0 Å². The van der Waals surface area contributed by atoms with Crippen LogP contribution in [0.5, 0.6) is 0 Å². The lowest BCUT2D eigenvalue weighted by Crippen LogP contribution is -2.06. The maximum absolute atomic E-state index is 12.3. The molecule has 7 heteroatoms. The first-order valence-corrected chi connectivity index (χ1v) is 5.16. The number of nitrogens with zero attached hydrogens (tertiary/aromatic N) is 2. The quantitative estimate of drug-likeness (QED) is 0.885. The van der Waals surface area contributed by atoms with Crippen molar-refractivity contribution in [3.05, 3.63) is 47.3 Å². The fourth-order valence-electron chi connectivity index (χ4n) is 1.53. The smallest absolute Gasteiger partial charge is 0.386 e. The Balaban J connectivity index is 2.07. The van der Waals surface area contributed by atoms with Crippen molar-refractivity contribution in [3.8, 4) is 0 Å². The fraction of sp³-hybridized carbons (Fsp3) is 0.273. The van der Waals surface area contributed by atoms with Gasteiger partial charge in [0, 0.05) is 6.42 Å². The molecule has 1 atom stereocenters. The Bertz CT molecular complexity index is 493. The van der Waals surface area contributed by atoms with Crippen LogP contribution in [0.3, 0.4) is 0 Å². The van der Waals surface area contributed by atoms with Gasteiger partial charge in [0.2, 0.25) is 0 Å². The third-order valence-corrected chi connectivity index (χ3v) is 2.49. The van der Waals surface area contributed by atoms with Crippen molar-refractivity contribution >= 4 is 0 Å². The van der Waals surface area contributed by atoms with Crippen LogP contribution >= 0.6 is 0 Å². The third-order valence-electron chi connectivity index (χ3n) is 2.49. The van der Waals surface area contributed by atoms with Gasteiger partial charge < -0.3 is 5.11 Å². The predicted octanol–water partition coefficient (Wildman–Crippen LogP) is 2.10. The van der Waals surface area contributed by atoms with Gasteiger partial charge in [-0.2, -0.15) is 28.6 Å². The number of aliphatic hydroxyl groups is 1. The lowest BCUT2D eigenvalue weighted by atomic mass is 10.0. The molecular formula is C11H10F3N3O. The largest absolute Gasteiger partial charge is 0.416 e. The van der Waals surface area contributed by atoms with Crippen molar-refractivity contribution in [3.63, 3.8) is 0 Å². The zero-order chi connectivity index (χ0) is 13.2. The van der Waals surface area contributed by atoms with Gasteiger partial charge in [-0.1, -0.05) is 12.1 Å². The van der Waals surface area contributed by atoms with Crippen LogP contribution in [0.1, 0.15) is 22.9 Å². The molecule has 0 saturated carbocycles. The van der Waals surface area contributed by atoms with Gasteiger partial charge in [0.1, 0.15) is 11.8 Å². The SMILES string of the molecule is OC(Cc1ccc(C(F)(F)F)cc1)c1cn[nH]n1. The number of aromatic nitrogens is 3. The Labute approximate surface area is 100 Å². The first-order valence-electron chi connectivity index (χ1n) is 5.16. The molecule has 0 saturated heterocycles. The molecule has 2 rings (SSSR count). The lowest BCUT2D eigenvalue weighted by molar-refractivity contribution is -0.137. The molecule has 4 nitrogen and oxygen atoms in total. The highest BCUT2D eigenvalue weighted by atomic mass is 19.4. The lowest BCUT2D eigenvalue weighted by Gasteiger charge is -2.09. The zero-order valence-corrected chi connectivity index (χ0v) is 9.15.